The van der Waals surface area contributed by atoms with Crippen molar-refractivity contribution < 1.29 is 12.8 Å². The van der Waals surface area contributed by atoms with Gasteiger partial charge in [0.15, 0.2) is 0 Å². The molecule has 3 rings (SSSR count). The Labute approximate surface area is 145 Å². The van der Waals surface area contributed by atoms with Gasteiger partial charge in [-0.05, 0) is 54.4 Å². The van der Waals surface area contributed by atoms with Crippen LogP contribution in [0, 0.1) is 12.7 Å². The Morgan fingerprint density at radius 2 is 1.96 bits per heavy atom. The van der Waals surface area contributed by atoms with E-state index in [4.69, 9.17) is 0 Å². The van der Waals surface area contributed by atoms with Gasteiger partial charge < -0.3 is 0 Å². The molecule has 3 aromatic rings. The molecule has 1 aromatic carbocycles. The number of hydrogen-bond donors (Lipinski definition) is 1. The molecule has 0 saturated heterocycles. The molecule has 0 fully saturated rings. The lowest BCUT2D eigenvalue weighted by atomic mass is 10.1. The van der Waals surface area contributed by atoms with Gasteiger partial charge in [-0.2, -0.15) is 0 Å². The number of rotatable bonds is 5. The number of sulfonamides is 1. The molecule has 5 nitrogen and oxygen atoms in total. The zero-order chi connectivity index (χ0) is 17.9. The maximum absolute atomic E-state index is 13.1. The average Bonchev–Trinajstić information content (AvgIpc) is 2.61. The highest BCUT2D eigenvalue weighted by atomic mass is 32.2. The van der Waals surface area contributed by atoms with Crippen molar-refractivity contribution in [3.8, 4) is 11.3 Å². The van der Waals surface area contributed by atoms with Gasteiger partial charge in [0.2, 0.25) is 10.0 Å². The summed E-state index contributed by atoms with van der Waals surface area (Å²) in [5.41, 5.74) is 2.72. The van der Waals surface area contributed by atoms with Crippen LogP contribution in [0.5, 0.6) is 0 Å². The average molecular weight is 357 g/mol. The maximum atomic E-state index is 13.1. The standard InChI is InChI=1S/C18H16FN3O2S/c1-13-9-16(19)5-7-18(13)25(23,24)22-11-14-4-6-17(21-10-14)15-3-2-8-20-12-15/h2-10,12,22H,11H2,1H3. The van der Waals surface area contributed by atoms with Crippen molar-refractivity contribution in [2.45, 2.75) is 18.4 Å². The zero-order valence-corrected chi connectivity index (χ0v) is 14.3. The molecule has 0 aliphatic heterocycles. The molecule has 2 aromatic heterocycles. The summed E-state index contributed by atoms with van der Waals surface area (Å²) in [6.45, 7) is 1.65. The predicted octanol–water partition coefficient (Wildman–Crippen LogP) is 3.07. The van der Waals surface area contributed by atoms with Crippen LogP contribution >= 0.6 is 0 Å². The van der Waals surface area contributed by atoms with Crippen molar-refractivity contribution >= 4 is 10.0 Å². The first kappa shape index (κ1) is 17.2. The second-order valence-corrected chi connectivity index (χ2v) is 7.26. The summed E-state index contributed by atoms with van der Waals surface area (Å²) in [6.07, 6.45) is 5.01. The number of nitrogens with one attached hydrogen (secondary N) is 1. The van der Waals surface area contributed by atoms with Gasteiger partial charge in [-0.15, -0.1) is 0 Å². The first-order valence-electron chi connectivity index (χ1n) is 7.57. The summed E-state index contributed by atoms with van der Waals surface area (Å²) in [5, 5.41) is 0. The van der Waals surface area contributed by atoms with E-state index < -0.39 is 15.8 Å². The van der Waals surface area contributed by atoms with E-state index in [0.29, 0.717) is 5.56 Å². The van der Waals surface area contributed by atoms with E-state index in [1.54, 1.807) is 31.6 Å². The number of benzene rings is 1. The highest BCUT2D eigenvalue weighted by molar-refractivity contribution is 7.89. The van der Waals surface area contributed by atoms with Crippen LogP contribution in [-0.2, 0) is 16.6 Å². The molecule has 0 amide bonds. The van der Waals surface area contributed by atoms with Crippen LogP contribution in [0.3, 0.4) is 0 Å². The van der Waals surface area contributed by atoms with Gasteiger partial charge in [0.1, 0.15) is 5.82 Å². The lowest BCUT2D eigenvalue weighted by Gasteiger charge is -2.09. The quantitative estimate of drug-likeness (QED) is 0.762. The van der Waals surface area contributed by atoms with Crippen LogP contribution in [-0.4, -0.2) is 18.4 Å². The van der Waals surface area contributed by atoms with Crippen LogP contribution in [0.25, 0.3) is 11.3 Å². The Hall–Kier alpha value is -2.64. The predicted molar refractivity (Wildman–Crippen MR) is 92.6 cm³/mol. The van der Waals surface area contributed by atoms with Crippen LogP contribution in [0.2, 0.25) is 0 Å². The number of aryl methyl sites for hydroxylation is 1. The topological polar surface area (TPSA) is 72.0 Å². The Balaban J connectivity index is 1.73. The minimum absolute atomic E-state index is 0.0637. The SMILES string of the molecule is Cc1cc(F)ccc1S(=O)(=O)NCc1ccc(-c2cccnc2)nc1. The Bertz CT molecular complexity index is 975. The summed E-state index contributed by atoms with van der Waals surface area (Å²) in [5.74, 6) is -0.466. The minimum Gasteiger partial charge on any atom is -0.264 e. The minimum atomic E-state index is -3.72. The number of nitrogens with zero attached hydrogens (tertiary/aromatic N) is 2. The van der Waals surface area contributed by atoms with Gasteiger partial charge in [0.25, 0.3) is 0 Å². The molecule has 7 heteroatoms. The molecule has 0 aliphatic rings. The van der Waals surface area contributed by atoms with Crippen molar-refractivity contribution in [3.05, 3.63) is 78.0 Å². The molecule has 0 radical (unpaired) electrons. The number of hydrogen-bond acceptors (Lipinski definition) is 4. The fraction of sp³-hybridized carbons (Fsp3) is 0.111. The third-order valence-corrected chi connectivity index (χ3v) is 5.24. The lowest BCUT2D eigenvalue weighted by Crippen LogP contribution is -2.24. The molecule has 0 atom stereocenters. The fourth-order valence-corrected chi connectivity index (χ4v) is 3.63. The summed E-state index contributed by atoms with van der Waals surface area (Å²) < 4.78 is 40.4. The number of pyridine rings is 2. The molecule has 1 N–H and O–H groups in total. The van der Waals surface area contributed by atoms with Crippen LogP contribution in [0.4, 0.5) is 4.39 Å². The molecular weight excluding hydrogens is 341 g/mol. The van der Waals surface area contributed by atoms with Crippen molar-refractivity contribution in [2.75, 3.05) is 0 Å². The molecule has 0 aliphatic carbocycles. The highest BCUT2D eigenvalue weighted by Crippen LogP contribution is 2.18. The van der Waals surface area contributed by atoms with Crippen molar-refractivity contribution in [3.63, 3.8) is 0 Å². The molecule has 0 spiro atoms. The Morgan fingerprint density at radius 3 is 2.60 bits per heavy atom. The Morgan fingerprint density at radius 1 is 1.12 bits per heavy atom. The third-order valence-electron chi connectivity index (χ3n) is 3.67. The summed E-state index contributed by atoms with van der Waals surface area (Å²) in [4.78, 5) is 8.43. The van der Waals surface area contributed by atoms with Crippen LogP contribution in [0.1, 0.15) is 11.1 Å². The van der Waals surface area contributed by atoms with E-state index >= 15 is 0 Å². The zero-order valence-electron chi connectivity index (χ0n) is 13.5. The summed E-state index contributed by atoms with van der Waals surface area (Å²) in [6, 6.07) is 10.9. The van der Waals surface area contributed by atoms with Gasteiger partial charge in [-0.3, -0.25) is 9.97 Å². The maximum Gasteiger partial charge on any atom is 0.241 e. The van der Waals surface area contributed by atoms with E-state index in [1.807, 2.05) is 18.2 Å². The fourth-order valence-electron chi connectivity index (χ4n) is 2.38. The molecular formula is C18H16FN3O2S. The van der Waals surface area contributed by atoms with Crippen molar-refractivity contribution in [1.29, 1.82) is 0 Å². The molecule has 25 heavy (non-hydrogen) atoms. The molecule has 0 unspecified atom stereocenters. The van der Waals surface area contributed by atoms with Gasteiger partial charge in [-0.25, -0.2) is 17.5 Å². The van der Waals surface area contributed by atoms with Gasteiger partial charge >= 0.3 is 0 Å². The van der Waals surface area contributed by atoms with Crippen LogP contribution in [0.15, 0.2) is 66.0 Å². The van der Waals surface area contributed by atoms with E-state index in [1.165, 1.54) is 12.1 Å². The largest absolute Gasteiger partial charge is 0.264 e. The van der Waals surface area contributed by atoms with Gasteiger partial charge in [0.05, 0.1) is 10.6 Å². The van der Waals surface area contributed by atoms with Gasteiger partial charge in [-0.1, -0.05) is 6.07 Å². The molecule has 0 bridgehead atoms. The third kappa shape index (κ3) is 4.07. The van der Waals surface area contributed by atoms with E-state index in [-0.39, 0.29) is 11.4 Å². The lowest BCUT2D eigenvalue weighted by molar-refractivity contribution is 0.579. The normalized spacial score (nSPS) is 11.4. The van der Waals surface area contributed by atoms with E-state index in [0.717, 1.165) is 22.9 Å². The summed E-state index contributed by atoms with van der Waals surface area (Å²) in [7, 11) is -3.72. The van der Waals surface area contributed by atoms with Crippen LogP contribution < -0.4 is 4.72 Å². The number of aromatic nitrogens is 2. The summed E-state index contributed by atoms with van der Waals surface area (Å²) >= 11 is 0. The second kappa shape index (κ2) is 7.08. The first-order valence-corrected chi connectivity index (χ1v) is 9.05. The van der Waals surface area contributed by atoms with E-state index in [9.17, 15) is 12.8 Å². The monoisotopic (exact) mass is 357 g/mol. The first-order chi connectivity index (χ1) is 12.0. The molecule has 128 valence electrons. The van der Waals surface area contributed by atoms with Gasteiger partial charge in [0, 0.05) is 30.7 Å². The molecule has 0 saturated carbocycles. The highest BCUT2D eigenvalue weighted by Gasteiger charge is 2.16. The molecule has 2 heterocycles. The van der Waals surface area contributed by atoms with Crippen molar-refractivity contribution in [1.82, 2.24) is 14.7 Å². The smallest absolute Gasteiger partial charge is 0.241 e. The number of halogens is 1. The van der Waals surface area contributed by atoms with E-state index in [2.05, 4.69) is 14.7 Å². The van der Waals surface area contributed by atoms with Crippen molar-refractivity contribution in [2.24, 2.45) is 0 Å². The Kier molecular flexibility index (Phi) is 4.87. The second-order valence-electron chi connectivity index (χ2n) is 5.53.